The van der Waals surface area contributed by atoms with Crippen LogP contribution in [0.4, 0.5) is 0 Å². The predicted octanol–water partition coefficient (Wildman–Crippen LogP) is 2.19. The smallest absolute Gasteiger partial charge is 0.293 e. The van der Waals surface area contributed by atoms with Crippen molar-refractivity contribution < 1.29 is 19.4 Å². The van der Waals surface area contributed by atoms with Crippen LogP contribution in [0, 0.1) is 0 Å². The minimum atomic E-state index is -0.741. The van der Waals surface area contributed by atoms with Crippen LogP contribution in [0.1, 0.15) is 24.1 Å². The zero-order chi connectivity index (χ0) is 17.1. The van der Waals surface area contributed by atoms with Gasteiger partial charge in [0.15, 0.2) is 0 Å². The van der Waals surface area contributed by atoms with E-state index in [2.05, 4.69) is 10.3 Å². The number of nitrogens with one attached hydrogen (secondary N) is 1. The maximum atomic E-state index is 12.2. The zero-order valence-electron chi connectivity index (χ0n) is 13.0. The number of ketones is 1. The molecule has 0 spiro atoms. The van der Waals surface area contributed by atoms with E-state index in [1.807, 2.05) is 6.92 Å². The van der Waals surface area contributed by atoms with E-state index in [0.717, 1.165) is 0 Å². The van der Waals surface area contributed by atoms with E-state index in [1.54, 1.807) is 48.8 Å². The fourth-order valence-electron chi connectivity index (χ4n) is 2.59. The number of amides is 1. The highest BCUT2D eigenvalue weighted by Crippen LogP contribution is 2.32. The van der Waals surface area contributed by atoms with E-state index in [-0.39, 0.29) is 11.3 Å². The molecular formula is C18H16N2O4. The Morgan fingerprint density at radius 1 is 1.25 bits per heavy atom. The summed E-state index contributed by atoms with van der Waals surface area (Å²) in [7, 11) is 0. The molecule has 1 aliphatic rings. The number of aliphatic hydroxyl groups excluding tert-OH is 1. The van der Waals surface area contributed by atoms with Crippen molar-refractivity contribution in [2.75, 3.05) is 6.61 Å². The van der Waals surface area contributed by atoms with E-state index in [0.29, 0.717) is 23.5 Å². The Morgan fingerprint density at radius 2 is 2.00 bits per heavy atom. The van der Waals surface area contributed by atoms with Crippen molar-refractivity contribution in [1.29, 1.82) is 0 Å². The second kappa shape index (κ2) is 6.54. The molecule has 1 aliphatic heterocycles. The van der Waals surface area contributed by atoms with E-state index in [1.165, 1.54) is 0 Å². The third kappa shape index (κ3) is 2.86. The molecule has 1 saturated heterocycles. The number of hydrogen-bond acceptors (Lipinski definition) is 5. The van der Waals surface area contributed by atoms with Crippen molar-refractivity contribution >= 4 is 17.4 Å². The van der Waals surface area contributed by atoms with Gasteiger partial charge in [0.05, 0.1) is 18.2 Å². The molecule has 1 amide bonds. The molecule has 24 heavy (non-hydrogen) atoms. The summed E-state index contributed by atoms with van der Waals surface area (Å²) in [6.45, 7) is 2.41. The second-order valence-corrected chi connectivity index (χ2v) is 5.24. The Morgan fingerprint density at radius 3 is 2.62 bits per heavy atom. The van der Waals surface area contributed by atoms with Crippen molar-refractivity contribution in [2.45, 2.75) is 13.0 Å². The molecule has 1 aromatic heterocycles. The number of hydrogen-bond donors (Lipinski definition) is 2. The van der Waals surface area contributed by atoms with Crippen LogP contribution in [0.15, 0.2) is 54.4 Å². The number of ether oxygens (including phenoxy) is 1. The largest absolute Gasteiger partial charge is 0.507 e. The first-order valence-corrected chi connectivity index (χ1v) is 7.53. The SMILES string of the molecule is CCOc1ccc(/C(O)=C2/C(=O)C(=O)NC2c2cccnc2)cc1. The predicted molar refractivity (Wildman–Crippen MR) is 87.3 cm³/mol. The third-order valence-corrected chi connectivity index (χ3v) is 3.73. The van der Waals surface area contributed by atoms with Crippen molar-refractivity contribution in [3.63, 3.8) is 0 Å². The van der Waals surface area contributed by atoms with Crippen molar-refractivity contribution in [1.82, 2.24) is 10.3 Å². The molecule has 2 N–H and O–H groups in total. The van der Waals surface area contributed by atoms with Crippen LogP contribution in [0.25, 0.3) is 5.76 Å². The molecule has 1 fully saturated rings. The minimum Gasteiger partial charge on any atom is -0.507 e. The van der Waals surface area contributed by atoms with Crippen molar-refractivity contribution in [3.8, 4) is 5.75 Å². The molecular weight excluding hydrogens is 308 g/mol. The van der Waals surface area contributed by atoms with Gasteiger partial charge in [-0.1, -0.05) is 6.07 Å². The standard InChI is InChI=1S/C18H16N2O4/c1-2-24-13-7-5-11(6-8-13)16(21)14-15(20-18(23)17(14)22)12-4-3-9-19-10-12/h3-10,15,21H,2H2,1H3,(H,20,23)/b16-14-. The first kappa shape index (κ1) is 15.7. The normalized spacial score (nSPS) is 19.1. The number of carbonyl (C=O) groups excluding carboxylic acids is 2. The first-order valence-electron chi connectivity index (χ1n) is 7.53. The number of aliphatic hydroxyl groups is 1. The van der Waals surface area contributed by atoms with Crippen molar-refractivity contribution in [2.24, 2.45) is 0 Å². The quantitative estimate of drug-likeness (QED) is 0.511. The van der Waals surface area contributed by atoms with Gasteiger partial charge in [-0.3, -0.25) is 14.6 Å². The Balaban J connectivity index is 2.03. The summed E-state index contributed by atoms with van der Waals surface area (Å²) < 4.78 is 5.36. The lowest BCUT2D eigenvalue weighted by Gasteiger charge is -2.13. The fraction of sp³-hybridized carbons (Fsp3) is 0.167. The van der Waals surface area contributed by atoms with Gasteiger partial charge >= 0.3 is 0 Å². The number of benzene rings is 1. The van der Waals surface area contributed by atoms with Gasteiger partial charge in [0.1, 0.15) is 11.5 Å². The summed E-state index contributed by atoms with van der Waals surface area (Å²) in [5.74, 6) is -1.04. The van der Waals surface area contributed by atoms with Gasteiger partial charge in [-0.2, -0.15) is 0 Å². The van der Waals surface area contributed by atoms with Gasteiger partial charge in [-0.25, -0.2) is 0 Å². The Labute approximate surface area is 138 Å². The van der Waals surface area contributed by atoms with E-state index < -0.39 is 17.7 Å². The molecule has 1 unspecified atom stereocenters. The fourth-order valence-corrected chi connectivity index (χ4v) is 2.59. The minimum absolute atomic E-state index is 0.0251. The lowest BCUT2D eigenvalue weighted by atomic mass is 9.97. The van der Waals surface area contributed by atoms with E-state index in [4.69, 9.17) is 4.74 Å². The first-order chi connectivity index (χ1) is 11.6. The molecule has 0 radical (unpaired) electrons. The number of Topliss-reactive ketones (excluding diaryl/α,β-unsaturated/α-hetero) is 1. The van der Waals surface area contributed by atoms with Crippen LogP contribution in [0.2, 0.25) is 0 Å². The highest BCUT2D eigenvalue weighted by Gasteiger charge is 2.39. The Hall–Kier alpha value is -3.15. The van der Waals surface area contributed by atoms with Gasteiger partial charge < -0.3 is 15.2 Å². The Bertz CT molecular complexity index is 798. The highest BCUT2D eigenvalue weighted by atomic mass is 16.5. The van der Waals surface area contributed by atoms with Gasteiger partial charge in [-0.05, 0) is 42.8 Å². The number of pyridine rings is 1. The van der Waals surface area contributed by atoms with Gasteiger partial charge in [0.25, 0.3) is 11.7 Å². The van der Waals surface area contributed by atoms with Crippen LogP contribution in [-0.4, -0.2) is 28.4 Å². The van der Waals surface area contributed by atoms with Crippen LogP contribution in [-0.2, 0) is 9.59 Å². The average Bonchev–Trinajstić information content (AvgIpc) is 2.91. The molecule has 122 valence electrons. The monoisotopic (exact) mass is 324 g/mol. The Kier molecular flexibility index (Phi) is 4.29. The molecule has 6 heteroatoms. The lowest BCUT2D eigenvalue weighted by molar-refractivity contribution is -0.133. The maximum Gasteiger partial charge on any atom is 0.293 e. The summed E-state index contributed by atoms with van der Waals surface area (Å²) in [6.07, 6.45) is 3.15. The van der Waals surface area contributed by atoms with Crippen LogP contribution < -0.4 is 10.1 Å². The summed E-state index contributed by atoms with van der Waals surface area (Å²) in [5, 5.41) is 13.1. The van der Waals surface area contributed by atoms with E-state index >= 15 is 0 Å². The molecule has 1 atom stereocenters. The van der Waals surface area contributed by atoms with E-state index in [9.17, 15) is 14.7 Å². The molecule has 0 aliphatic carbocycles. The molecule has 0 bridgehead atoms. The molecule has 2 heterocycles. The number of nitrogens with zero attached hydrogens (tertiary/aromatic N) is 1. The van der Waals surface area contributed by atoms with Gasteiger partial charge in [0, 0.05) is 18.0 Å². The van der Waals surface area contributed by atoms with Gasteiger partial charge in [0.2, 0.25) is 0 Å². The topological polar surface area (TPSA) is 88.5 Å². The van der Waals surface area contributed by atoms with Crippen LogP contribution in [0.5, 0.6) is 5.75 Å². The summed E-state index contributed by atoms with van der Waals surface area (Å²) >= 11 is 0. The maximum absolute atomic E-state index is 12.2. The van der Waals surface area contributed by atoms with Crippen LogP contribution >= 0.6 is 0 Å². The average molecular weight is 324 g/mol. The molecule has 1 aromatic carbocycles. The highest BCUT2D eigenvalue weighted by molar-refractivity contribution is 6.46. The molecule has 2 aromatic rings. The molecule has 6 nitrogen and oxygen atoms in total. The van der Waals surface area contributed by atoms with Crippen LogP contribution in [0.3, 0.4) is 0 Å². The molecule has 3 rings (SSSR count). The molecule has 0 saturated carbocycles. The summed E-state index contributed by atoms with van der Waals surface area (Å²) in [4.78, 5) is 28.0. The number of rotatable bonds is 4. The summed E-state index contributed by atoms with van der Waals surface area (Å²) in [6, 6.07) is 9.41. The summed E-state index contributed by atoms with van der Waals surface area (Å²) in [5.41, 5.74) is 1.09. The lowest BCUT2D eigenvalue weighted by Crippen LogP contribution is -2.21. The number of aromatic nitrogens is 1. The zero-order valence-corrected chi connectivity index (χ0v) is 13.0. The number of carbonyl (C=O) groups is 2. The second-order valence-electron chi connectivity index (χ2n) is 5.24. The van der Waals surface area contributed by atoms with Gasteiger partial charge in [-0.15, -0.1) is 0 Å². The third-order valence-electron chi connectivity index (χ3n) is 3.73. The van der Waals surface area contributed by atoms with Crippen molar-refractivity contribution in [3.05, 3.63) is 65.5 Å².